The average molecular weight is 594 g/mol. The number of esters is 1. The van der Waals surface area contributed by atoms with Gasteiger partial charge in [-0.1, -0.05) is 121 Å². The minimum Gasteiger partial charge on any atom is -0.462 e. The van der Waals surface area contributed by atoms with Gasteiger partial charge in [-0.3, -0.25) is 9.69 Å². The Balaban J connectivity index is 1.50. The lowest BCUT2D eigenvalue weighted by Gasteiger charge is -2.45. The summed E-state index contributed by atoms with van der Waals surface area (Å²) in [5.41, 5.74) is 3.31. The summed E-state index contributed by atoms with van der Waals surface area (Å²) in [4.78, 5) is 31.4. The van der Waals surface area contributed by atoms with E-state index in [4.69, 9.17) is 17.0 Å². The van der Waals surface area contributed by atoms with Crippen LogP contribution in [0.1, 0.15) is 42.3 Å². The molecule has 0 N–H and O–H groups in total. The van der Waals surface area contributed by atoms with E-state index in [1.807, 2.05) is 123 Å². The van der Waals surface area contributed by atoms with Gasteiger partial charge in [-0.15, -0.1) is 0 Å². The smallest absolute Gasteiger partial charge is 0.346 e. The zero-order valence-electron chi connectivity index (χ0n) is 22.8. The van der Waals surface area contributed by atoms with Gasteiger partial charge >= 0.3 is 5.97 Å². The van der Waals surface area contributed by atoms with E-state index in [2.05, 4.69) is 0 Å². The Bertz CT molecular complexity index is 1780. The van der Waals surface area contributed by atoms with Crippen LogP contribution in [0.5, 0.6) is 0 Å². The summed E-state index contributed by atoms with van der Waals surface area (Å²) in [5, 5.41) is 1.91. The third-order valence-electron chi connectivity index (χ3n) is 7.28. The maximum atomic E-state index is 14.4. The largest absolute Gasteiger partial charge is 0.462 e. The van der Waals surface area contributed by atoms with Crippen LogP contribution < -0.4 is 4.90 Å². The summed E-state index contributed by atoms with van der Waals surface area (Å²) in [6.07, 6.45) is 0. The van der Waals surface area contributed by atoms with Crippen molar-refractivity contribution in [3.05, 3.63) is 123 Å². The number of carbonyl (C=O) groups excluding carboxylic acids is 2. The van der Waals surface area contributed by atoms with Crippen molar-refractivity contribution < 1.29 is 14.3 Å². The zero-order valence-corrected chi connectivity index (χ0v) is 25.3. The van der Waals surface area contributed by atoms with Crippen molar-refractivity contribution in [2.75, 3.05) is 11.5 Å². The summed E-state index contributed by atoms with van der Waals surface area (Å²) >= 11 is 9.16. The Labute approximate surface area is 253 Å². The standard InChI is InChI=1S/C34H27NO3S3/c1-4-38-32(37)29-28(22-14-6-5-7-15-22)40-33(41-29)27-25-18-10-11-20-26(25)35(34(2,3)30(27)39)31(36)24-19-12-16-21-13-8-9-17-23(21)24/h5-20H,4H2,1-3H3. The molecule has 1 amide bonds. The Morgan fingerprint density at radius 1 is 0.854 bits per heavy atom. The van der Waals surface area contributed by atoms with Crippen LogP contribution in [0, 0.1) is 0 Å². The summed E-state index contributed by atoms with van der Waals surface area (Å²) in [7, 11) is 0. The second kappa shape index (κ2) is 11.0. The van der Waals surface area contributed by atoms with Crippen molar-refractivity contribution in [2.45, 2.75) is 26.3 Å². The van der Waals surface area contributed by atoms with Crippen LogP contribution in [0.15, 0.2) is 106 Å². The molecule has 6 rings (SSSR count). The molecule has 41 heavy (non-hydrogen) atoms. The number of ether oxygens (including phenoxy) is 1. The van der Waals surface area contributed by atoms with Crippen LogP contribution in [0.25, 0.3) is 21.3 Å². The quantitative estimate of drug-likeness (QED) is 0.134. The van der Waals surface area contributed by atoms with Gasteiger partial charge in [0.15, 0.2) is 0 Å². The number of fused-ring (bicyclic) bond motifs is 2. The van der Waals surface area contributed by atoms with E-state index in [1.54, 1.807) is 0 Å². The molecular formula is C34H27NO3S3. The van der Waals surface area contributed by atoms with Crippen molar-refractivity contribution in [3.8, 4) is 0 Å². The van der Waals surface area contributed by atoms with Crippen molar-refractivity contribution in [1.82, 2.24) is 0 Å². The second-order valence-corrected chi connectivity index (χ2v) is 12.9. The highest BCUT2D eigenvalue weighted by Gasteiger charge is 2.46. The SMILES string of the molecule is CCOC(=O)C1=C(c2ccccc2)SC(=C2C(=S)C(C)(C)N(C(=O)c3cccc4ccccc34)c3ccccc32)S1. The third kappa shape index (κ3) is 4.72. The summed E-state index contributed by atoms with van der Waals surface area (Å²) in [6.45, 7) is 6.10. The van der Waals surface area contributed by atoms with Crippen molar-refractivity contribution in [3.63, 3.8) is 0 Å². The molecular weight excluding hydrogens is 567 g/mol. The molecule has 0 fully saturated rings. The highest BCUT2D eigenvalue weighted by molar-refractivity contribution is 8.32. The van der Waals surface area contributed by atoms with E-state index in [1.165, 1.54) is 23.5 Å². The van der Waals surface area contributed by atoms with Gasteiger partial charge in [-0.2, -0.15) is 0 Å². The summed E-state index contributed by atoms with van der Waals surface area (Å²) < 4.78 is 6.36. The molecule has 0 spiro atoms. The molecule has 204 valence electrons. The first-order valence-corrected chi connectivity index (χ1v) is 15.4. The van der Waals surface area contributed by atoms with E-state index in [-0.39, 0.29) is 11.9 Å². The number of anilines is 1. The van der Waals surface area contributed by atoms with Gasteiger partial charge in [0.05, 0.1) is 26.9 Å². The summed E-state index contributed by atoms with van der Waals surface area (Å²) in [6, 6.07) is 31.5. The number of benzene rings is 4. The monoisotopic (exact) mass is 593 g/mol. The number of para-hydroxylation sites is 1. The van der Waals surface area contributed by atoms with Crippen LogP contribution in [-0.4, -0.2) is 28.9 Å². The first-order chi connectivity index (χ1) is 19.8. The normalized spacial score (nSPS) is 18.0. The molecule has 2 heterocycles. The van der Waals surface area contributed by atoms with Crippen LogP contribution in [0.2, 0.25) is 0 Å². The number of rotatable bonds is 4. The zero-order chi connectivity index (χ0) is 28.7. The fourth-order valence-corrected chi connectivity index (χ4v) is 8.45. The number of thiocarbonyl (C=S) groups is 1. The number of hydrogen-bond donors (Lipinski definition) is 0. The molecule has 0 saturated carbocycles. The molecule has 2 aliphatic rings. The number of amides is 1. The van der Waals surface area contributed by atoms with E-state index < -0.39 is 5.54 Å². The molecule has 4 nitrogen and oxygen atoms in total. The maximum Gasteiger partial charge on any atom is 0.346 e. The van der Waals surface area contributed by atoms with Gasteiger partial charge in [0.25, 0.3) is 5.91 Å². The van der Waals surface area contributed by atoms with E-state index in [0.29, 0.717) is 21.9 Å². The van der Waals surface area contributed by atoms with Gasteiger partial charge < -0.3 is 4.74 Å². The predicted octanol–water partition coefficient (Wildman–Crippen LogP) is 8.73. The first-order valence-electron chi connectivity index (χ1n) is 13.4. The Kier molecular flexibility index (Phi) is 7.36. The Hall–Kier alpha value is -3.65. The lowest BCUT2D eigenvalue weighted by atomic mass is 9.82. The minimum absolute atomic E-state index is 0.104. The maximum absolute atomic E-state index is 14.4. The molecule has 0 aliphatic carbocycles. The molecule has 0 aromatic heterocycles. The lowest BCUT2D eigenvalue weighted by molar-refractivity contribution is -0.137. The highest BCUT2D eigenvalue weighted by atomic mass is 32.2. The van der Waals surface area contributed by atoms with Gasteiger partial charge in [0, 0.05) is 21.6 Å². The first kappa shape index (κ1) is 27.5. The van der Waals surface area contributed by atoms with Crippen molar-refractivity contribution >= 4 is 79.4 Å². The molecule has 4 aromatic rings. The van der Waals surface area contributed by atoms with Crippen molar-refractivity contribution in [2.24, 2.45) is 0 Å². The van der Waals surface area contributed by atoms with Gasteiger partial charge in [0.1, 0.15) is 4.91 Å². The number of carbonyl (C=O) groups is 2. The van der Waals surface area contributed by atoms with E-state index in [0.717, 1.165) is 42.3 Å². The molecule has 0 saturated heterocycles. The fourth-order valence-electron chi connectivity index (χ4n) is 5.32. The topological polar surface area (TPSA) is 46.6 Å². The van der Waals surface area contributed by atoms with Crippen LogP contribution in [0.4, 0.5) is 5.69 Å². The van der Waals surface area contributed by atoms with Crippen LogP contribution in [0.3, 0.4) is 0 Å². The molecule has 0 atom stereocenters. The third-order valence-corrected chi connectivity index (χ3v) is 10.6. The van der Waals surface area contributed by atoms with Gasteiger partial charge in [0.2, 0.25) is 0 Å². The molecule has 0 bridgehead atoms. The van der Waals surface area contributed by atoms with Gasteiger partial charge in [-0.05, 0) is 49.2 Å². The predicted molar refractivity (Wildman–Crippen MR) is 176 cm³/mol. The molecule has 2 aliphatic heterocycles. The van der Waals surface area contributed by atoms with Crippen LogP contribution in [-0.2, 0) is 9.53 Å². The van der Waals surface area contributed by atoms with E-state index >= 15 is 0 Å². The Morgan fingerprint density at radius 3 is 2.32 bits per heavy atom. The second-order valence-electron chi connectivity index (χ2n) is 10.2. The highest BCUT2D eigenvalue weighted by Crippen LogP contribution is 2.58. The minimum atomic E-state index is -0.819. The van der Waals surface area contributed by atoms with E-state index in [9.17, 15) is 9.59 Å². The van der Waals surface area contributed by atoms with Gasteiger partial charge in [-0.25, -0.2) is 4.79 Å². The molecule has 4 aromatic carbocycles. The number of hydrogen-bond acceptors (Lipinski definition) is 6. The number of thioether (sulfide) groups is 2. The fraction of sp³-hybridized carbons (Fsp3) is 0.147. The van der Waals surface area contributed by atoms with Crippen molar-refractivity contribution in [1.29, 1.82) is 0 Å². The Morgan fingerprint density at radius 2 is 1.54 bits per heavy atom. The summed E-state index contributed by atoms with van der Waals surface area (Å²) in [5.74, 6) is -0.450. The molecule has 7 heteroatoms. The molecule has 0 unspecified atom stereocenters. The average Bonchev–Trinajstić information content (AvgIpc) is 3.43. The number of nitrogens with zero attached hydrogens (tertiary/aromatic N) is 1. The molecule has 0 radical (unpaired) electrons. The van der Waals surface area contributed by atoms with Crippen LogP contribution >= 0.6 is 35.7 Å². The lowest BCUT2D eigenvalue weighted by Crippen LogP contribution is -2.56.